The van der Waals surface area contributed by atoms with Gasteiger partial charge in [-0.25, -0.2) is 9.97 Å². The van der Waals surface area contributed by atoms with Crippen molar-refractivity contribution in [2.75, 3.05) is 0 Å². The van der Waals surface area contributed by atoms with Gasteiger partial charge in [-0.15, -0.1) is 0 Å². The van der Waals surface area contributed by atoms with Crippen LogP contribution in [-0.2, 0) is 0 Å². The summed E-state index contributed by atoms with van der Waals surface area (Å²) in [5.74, 6) is 1.64. The molecule has 0 aliphatic carbocycles. The number of imidazole rings is 4. The largest absolute Gasteiger partial charge is 0.278 e. The van der Waals surface area contributed by atoms with Crippen LogP contribution >= 0.6 is 0 Å². The molecule has 0 N–H and O–H groups in total. The van der Waals surface area contributed by atoms with Crippen LogP contribution in [0.2, 0.25) is 0 Å². The minimum atomic E-state index is 0.593. The summed E-state index contributed by atoms with van der Waals surface area (Å²) in [7, 11) is 0. The number of aromatic nitrogens is 6. The van der Waals surface area contributed by atoms with E-state index in [9.17, 15) is 5.26 Å². The maximum absolute atomic E-state index is 11.9. The zero-order valence-electron chi connectivity index (χ0n) is 41.0. The van der Waals surface area contributed by atoms with Gasteiger partial charge in [0.1, 0.15) is 6.07 Å². The third kappa shape index (κ3) is 6.75. The minimum absolute atomic E-state index is 0.593. The third-order valence-corrected chi connectivity index (χ3v) is 15.0. The average molecular weight is 970 g/mol. The van der Waals surface area contributed by atoms with Crippen molar-refractivity contribution in [2.45, 2.75) is 0 Å². The zero-order chi connectivity index (χ0) is 50.3. The zero-order valence-corrected chi connectivity index (χ0v) is 41.0. The highest BCUT2D eigenvalue weighted by molar-refractivity contribution is 6.04. The molecule has 0 aliphatic heterocycles. The van der Waals surface area contributed by atoms with Crippen LogP contribution < -0.4 is 0 Å². The number of fused-ring (bicyclic) bond motifs is 10. The molecule has 76 heavy (non-hydrogen) atoms. The number of nitriles is 1. The lowest BCUT2D eigenvalue weighted by Crippen LogP contribution is -1.99. The first-order chi connectivity index (χ1) is 37.7. The van der Waals surface area contributed by atoms with Crippen LogP contribution in [0.5, 0.6) is 0 Å². The van der Waals surface area contributed by atoms with Gasteiger partial charge < -0.3 is 0 Å². The number of benzene rings is 11. The summed E-state index contributed by atoms with van der Waals surface area (Å²) in [6, 6.07) is 94.4. The van der Waals surface area contributed by atoms with Crippen molar-refractivity contribution < 1.29 is 0 Å². The predicted molar refractivity (Wildman–Crippen MR) is 310 cm³/mol. The molecule has 15 aromatic rings. The van der Waals surface area contributed by atoms with E-state index in [0.29, 0.717) is 5.56 Å². The Kier molecular flexibility index (Phi) is 9.81. The van der Waals surface area contributed by atoms with Gasteiger partial charge in [0, 0.05) is 22.5 Å². The van der Waals surface area contributed by atoms with Crippen molar-refractivity contribution in [3.05, 3.63) is 266 Å². The van der Waals surface area contributed by atoms with Crippen LogP contribution in [0.1, 0.15) is 5.56 Å². The van der Waals surface area contributed by atoms with Crippen LogP contribution in [-0.4, -0.2) is 27.9 Å². The van der Waals surface area contributed by atoms with E-state index in [4.69, 9.17) is 9.97 Å². The smallest absolute Gasteiger partial charge is 0.220 e. The molecule has 0 bridgehead atoms. The number of hydrogen-bond donors (Lipinski definition) is 0. The molecule has 15 rings (SSSR count). The highest BCUT2D eigenvalue weighted by Crippen LogP contribution is 2.47. The van der Waals surface area contributed by atoms with E-state index in [1.54, 1.807) is 0 Å². The molecule has 0 atom stereocenters. The summed E-state index contributed by atoms with van der Waals surface area (Å²) >= 11 is 0. The highest BCUT2D eigenvalue weighted by atomic mass is 15.2. The first-order valence-electron chi connectivity index (χ1n) is 25.5. The average Bonchev–Trinajstić information content (AvgIpc) is 4.31. The Morgan fingerprint density at radius 2 is 0.658 bits per heavy atom. The summed E-state index contributed by atoms with van der Waals surface area (Å²) < 4.78 is 9.08. The van der Waals surface area contributed by atoms with E-state index in [2.05, 4.69) is 255 Å². The van der Waals surface area contributed by atoms with Crippen molar-refractivity contribution in [3.63, 3.8) is 0 Å². The molecular weight excluding hydrogens is 927 g/mol. The van der Waals surface area contributed by atoms with Gasteiger partial charge >= 0.3 is 0 Å². The second-order valence-corrected chi connectivity index (χ2v) is 19.3. The number of rotatable bonds is 8. The molecule has 0 radical (unpaired) electrons. The minimum Gasteiger partial charge on any atom is -0.278 e. The molecule has 0 unspecified atom stereocenters. The van der Waals surface area contributed by atoms with Gasteiger partial charge in [0.2, 0.25) is 11.6 Å². The fraction of sp³-hybridized carbons (Fsp3) is 0. The van der Waals surface area contributed by atoms with Gasteiger partial charge in [-0.3, -0.25) is 17.9 Å². The lowest BCUT2D eigenvalue weighted by molar-refractivity contribution is 1.11. The maximum atomic E-state index is 11.9. The quantitative estimate of drug-likeness (QED) is 0.152. The Morgan fingerprint density at radius 1 is 0.289 bits per heavy atom. The molecule has 354 valence electrons. The topological polar surface area (TPSA) is 68.2 Å². The fourth-order valence-corrected chi connectivity index (χ4v) is 11.6. The van der Waals surface area contributed by atoms with E-state index in [0.717, 1.165) is 134 Å². The molecule has 0 saturated heterocycles. The van der Waals surface area contributed by atoms with Crippen molar-refractivity contribution in [1.82, 2.24) is 27.9 Å². The van der Waals surface area contributed by atoms with Gasteiger partial charge in [0.05, 0.1) is 49.7 Å². The third-order valence-electron chi connectivity index (χ3n) is 15.0. The van der Waals surface area contributed by atoms with E-state index < -0.39 is 0 Å². The first-order valence-corrected chi connectivity index (χ1v) is 25.5. The van der Waals surface area contributed by atoms with Crippen LogP contribution in [0.25, 0.3) is 134 Å². The normalized spacial score (nSPS) is 11.7. The SMILES string of the molecule is N#Cc1c(-c2ccccc2)c(-c2ccc3c(c2)n2c4cc(-c5ccccc5)ccc4nc2n3-c2ccccc2)cc(-c2ccccc2)c1-c1ccc2c(c1)n1c3cc(-c4ccccc4)ccc3nc1n2-c1ccccc1. The summed E-state index contributed by atoms with van der Waals surface area (Å²) in [4.78, 5) is 10.6. The van der Waals surface area contributed by atoms with Crippen LogP contribution in [0.15, 0.2) is 261 Å². The van der Waals surface area contributed by atoms with Crippen molar-refractivity contribution in [1.29, 1.82) is 5.26 Å². The van der Waals surface area contributed by atoms with Crippen molar-refractivity contribution in [2.24, 2.45) is 0 Å². The summed E-state index contributed by atoms with van der Waals surface area (Å²) in [5, 5.41) is 11.9. The molecule has 0 amide bonds. The Bertz CT molecular complexity index is 4780. The highest BCUT2D eigenvalue weighted by Gasteiger charge is 2.26. The molecule has 0 aliphatic rings. The lowest BCUT2D eigenvalue weighted by Gasteiger charge is -2.21. The number of hydrogen-bond acceptors (Lipinski definition) is 3. The molecule has 4 aromatic heterocycles. The van der Waals surface area contributed by atoms with Gasteiger partial charge in [0.15, 0.2) is 0 Å². The van der Waals surface area contributed by atoms with Gasteiger partial charge in [-0.1, -0.05) is 182 Å². The van der Waals surface area contributed by atoms with E-state index in [1.165, 1.54) is 0 Å². The fourth-order valence-electron chi connectivity index (χ4n) is 11.6. The number of para-hydroxylation sites is 2. The lowest BCUT2D eigenvalue weighted by atomic mass is 9.81. The maximum Gasteiger partial charge on any atom is 0.220 e. The van der Waals surface area contributed by atoms with Crippen molar-refractivity contribution in [3.8, 4) is 84.2 Å². The van der Waals surface area contributed by atoms with Gasteiger partial charge in [-0.05, 0) is 134 Å². The Labute approximate surface area is 437 Å². The summed E-state index contributed by atoms with van der Waals surface area (Å²) in [6.45, 7) is 0. The molecule has 11 aromatic carbocycles. The standard InChI is InChI=1S/C69H43N7/c70-44-57-66(48-25-13-4-14-26-48)56(51-33-37-60-64(41-51)75-62-39-49(45-19-7-1-8-20-45)31-35-58(62)71-68(75)73(60)53-27-15-5-16-28-53)43-55(47-23-11-3-12-24-47)67(57)52-34-38-61-65(42-52)76-63-40-50(46-21-9-2-10-22-46)32-36-59(63)72-69(76)74(61)54-29-17-6-18-30-54/h1-43H. The van der Waals surface area contributed by atoms with Gasteiger partial charge in [0.25, 0.3) is 0 Å². The molecular formula is C69H43N7. The summed E-state index contributed by atoms with van der Waals surface area (Å²) in [5.41, 5.74) is 22.5. The van der Waals surface area contributed by atoms with E-state index in [1.807, 2.05) is 30.3 Å². The van der Waals surface area contributed by atoms with Crippen LogP contribution in [0, 0.1) is 11.3 Å². The van der Waals surface area contributed by atoms with E-state index >= 15 is 0 Å². The van der Waals surface area contributed by atoms with E-state index in [-0.39, 0.29) is 0 Å². The number of nitrogens with zero attached hydrogens (tertiary/aromatic N) is 7. The molecule has 0 saturated carbocycles. The van der Waals surface area contributed by atoms with Crippen LogP contribution in [0.4, 0.5) is 0 Å². The predicted octanol–water partition coefficient (Wildman–Crippen LogP) is 17.0. The summed E-state index contributed by atoms with van der Waals surface area (Å²) in [6.07, 6.45) is 0. The second-order valence-electron chi connectivity index (χ2n) is 19.3. The first kappa shape index (κ1) is 43.1. The molecule has 0 fully saturated rings. The molecule has 4 heterocycles. The molecule has 7 nitrogen and oxygen atoms in total. The Morgan fingerprint density at radius 3 is 1.13 bits per heavy atom. The Balaban J connectivity index is 1.02. The Hall–Kier alpha value is -10.6. The second kappa shape index (κ2) is 17.3. The molecule has 7 heteroatoms. The van der Waals surface area contributed by atoms with Crippen molar-refractivity contribution >= 4 is 55.7 Å². The van der Waals surface area contributed by atoms with Crippen LogP contribution in [0.3, 0.4) is 0 Å². The molecule has 0 spiro atoms. The van der Waals surface area contributed by atoms with Gasteiger partial charge in [-0.2, -0.15) is 5.26 Å². The monoisotopic (exact) mass is 969 g/mol.